The molecule has 3 rings (SSSR count). The van der Waals surface area contributed by atoms with Gasteiger partial charge in [-0.05, 0) is 24.7 Å². The number of rotatable bonds is 2. The average molecular weight is 241 g/mol. The second-order valence-corrected chi connectivity index (χ2v) is 4.78. The lowest BCUT2D eigenvalue weighted by molar-refractivity contribution is 0.270. The van der Waals surface area contributed by atoms with Crippen LogP contribution in [0.15, 0.2) is 36.4 Å². The molecule has 0 amide bonds. The van der Waals surface area contributed by atoms with Gasteiger partial charge < -0.3 is 9.80 Å². The number of pyridine rings is 1. The van der Waals surface area contributed by atoms with E-state index in [9.17, 15) is 0 Å². The average Bonchev–Trinajstić information content (AvgIpc) is 2.47. The second-order valence-electron chi connectivity index (χ2n) is 4.78. The van der Waals surface area contributed by atoms with Gasteiger partial charge in [0.15, 0.2) is 0 Å². The van der Waals surface area contributed by atoms with E-state index < -0.39 is 0 Å². The molecule has 1 saturated heterocycles. The molecule has 1 fully saturated rings. The van der Waals surface area contributed by atoms with Gasteiger partial charge in [0.1, 0.15) is 5.82 Å². The summed E-state index contributed by atoms with van der Waals surface area (Å²) in [4.78, 5) is 9.63. The number of nitrogens with zero attached hydrogens (tertiary/aromatic N) is 3. The highest BCUT2D eigenvalue weighted by molar-refractivity contribution is 5.80. The number of piperazine rings is 1. The van der Waals surface area contributed by atoms with E-state index in [4.69, 9.17) is 4.98 Å². The predicted octanol–water partition coefficient (Wildman–Crippen LogP) is 2.38. The maximum absolute atomic E-state index is 4.76. The van der Waals surface area contributed by atoms with Crippen molar-refractivity contribution >= 4 is 16.7 Å². The zero-order valence-electron chi connectivity index (χ0n) is 10.8. The van der Waals surface area contributed by atoms with Crippen molar-refractivity contribution in [3.63, 3.8) is 0 Å². The van der Waals surface area contributed by atoms with Crippen molar-refractivity contribution in [2.45, 2.75) is 6.92 Å². The lowest BCUT2D eigenvalue weighted by Crippen LogP contribution is -2.46. The Hall–Kier alpha value is -1.61. The van der Waals surface area contributed by atoms with Gasteiger partial charge in [-0.2, -0.15) is 0 Å². The molecule has 0 radical (unpaired) electrons. The molecule has 0 aliphatic carbocycles. The minimum Gasteiger partial charge on any atom is -0.354 e. The summed E-state index contributed by atoms with van der Waals surface area (Å²) in [6.45, 7) is 7.83. The number of aromatic nitrogens is 1. The monoisotopic (exact) mass is 241 g/mol. The molecule has 0 atom stereocenters. The SMILES string of the molecule is CCN1CCN(c2ccc3ccccc3n2)CC1. The molecular weight excluding hydrogens is 222 g/mol. The third-order valence-electron chi connectivity index (χ3n) is 3.73. The number of hydrogen-bond donors (Lipinski definition) is 0. The zero-order chi connectivity index (χ0) is 12.4. The Morgan fingerprint density at radius 2 is 1.78 bits per heavy atom. The van der Waals surface area contributed by atoms with Crippen LogP contribution in [-0.4, -0.2) is 42.6 Å². The highest BCUT2D eigenvalue weighted by atomic mass is 15.3. The highest BCUT2D eigenvalue weighted by Gasteiger charge is 2.16. The smallest absolute Gasteiger partial charge is 0.129 e. The van der Waals surface area contributed by atoms with Crippen LogP contribution < -0.4 is 4.90 Å². The first-order valence-corrected chi connectivity index (χ1v) is 6.70. The van der Waals surface area contributed by atoms with Crippen LogP contribution in [0.5, 0.6) is 0 Å². The van der Waals surface area contributed by atoms with Gasteiger partial charge in [0, 0.05) is 31.6 Å². The van der Waals surface area contributed by atoms with Crippen LogP contribution >= 0.6 is 0 Å². The quantitative estimate of drug-likeness (QED) is 0.804. The first-order chi connectivity index (χ1) is 8.86. The molecule has 1 aromatic carbocycles. The van der Waals surface area contributed by atoms with Crippen molar-refractivity contribution in [2.75, 3.05) is 37.6 Å². The number of benzene rings is 1. The summed E-state index contributed by atoms with van der Waals surface area (Å²) < 4.78 is 0. The molecule has 3 heteroatoms. The molecule has 94 valence electrons. The van der Waals surface area contributed by atoms with Gasteiger partial charge in [0.2, 0.25) is 0 Å². The normalized spacial score (nSPS) is 17.3. The Balaban J connectivity index is 1.82. The Bertz CT molecular complexity index is 530. The van der Waals surface area contributed by atoms with Crippen LogP contribution in [0.25, 0.3) is 10.9 Å². The molecule has 1 aliphatic heterocycles. The van der Waals surface area contributed by atoms with Crippen molar-refractivity contribution in [3.8, 4) is 0 Å². The van der Waals surface area contributed by atoms with Gasteiger partial charge in [0.25, 0.3) is 0 Å². The fourth-order valence-corrected chi connectivity index (χ4v) is 2.52. The fraction of sp³-hybridized carbons (Fsp3) is 0.400. The summed E-state index contributed by atoms with van der Waals surface area (Å²) in [5.74, 6) is 1.12. The Labute approximate surface area is 108 Å². The summed E-state index contributed by atoms with van der Waals surface area (Å²) in [5.41, 5.74) is 1.09. The number of anilines is 1. The van der Waals surface area contributed by atoms with E-state index in [0.717, 1.165) is 44.1 Å². The third-order valence-corrected chi connectivity index (χ3v) is 3.73. The molecule has 2 heterocycles. The molecule has 0 N–H and O–H groups in total. The first-order valence-electron chi connectivity index (χ1n) is 6.70. The Morgan fingerprint density at radius 3 is 2.56 bits per heavy atom. The largest absolute Gasteiger partial charge is 0.354 e. The summed E-state index contributed by atoms with van der Waals surface area (Å²) in [6, 6.07) is 12.6. The van der Waals surface area contributed by atoms with Gasteiger partial charge in [-0.25, -0.2) is 4.98 Å². The lowest BCUT2D eigenvalue weighted by atomic mass is 10.2. The number of hydrogen-bond acceptors (Lipinski definition) is 3. The Morgan fingerprint density at radius 1 is 1.00 bits per heavy atom. The summed E-state index contributed by atoms with van der Waals surface area (Å²) in [5, 5.41) is 1.22. The van der Waals surface area contributed by atoms with Crippen LogP contribution in [-0.2, 0) is 0 Å². The molecule has 0 unspecified atom stereocenters. The minimum atomic E-state index is 1.08. The predicted molar refractivity (Wildman–Crippen MR) is 76.1 cm³/mol. The molecule has 0 bridgehead atoms. The Kier molecular flexibility index (Phi) is 3.15. The van der Waals surface area contributed by atoms with Crippen LogP contribution in [0.2, 0.25) is 0 Å². The van der Waals surface area contributed by atoms with Crippen molar-refractivity contribution in [1.82, 2.24) is 9.88 Å². The number of likely N-dealkylation sites (N-methyl/N-ethyl adjacent to an activating group) is 1. The van der Waals surface area contributed by atoms with Gasteiger partial charge in [-0.3, -0.25) is 0 Å². The summed E-state index contributed by atoms with van der Waals surface area (Å²) >= 11 is 0. The topological polar surface area (TPSA) is 19.4 Å². The van der Waals surface area contributed by atoms with Crippen LogP contribution in [0.1, 0.15) is 6.92 Å². The van der Waals surface area contributed by atoms with Crippen molar-refractivity contribution in [1.29, 1.82) is 0 Å². The molecule has 0 spiro atoms. The van der Waals surface area contributed by atoms with Crippen LogP contribution in [0.4, 0.5) is 5.82 Å². The number of fused-ring (bicyclic) bond motifs is 1. The van der Waals surface area contributed by atoms with E-state index in [2.05, 4.69) is 47.1 Å². The lowest BCUT2D eigenvalue weighted by Gasteiger charge is -2.34. The van der Waals surface area contributed by atoms with Gasteiger partial charge in [0.05, 0.1) is 5.52 Å². The van der Waals surface area contributed by atoms with E-state index in [1.54, 1.807) is 0 Å². The maximum Gasteiger partial charge on any atom is 0.129 e. The fourth-order valence-electron chi connectivity index (χ4n) is 2.52. The first kappa shape index (κ1) is 11.5. The van der Waals surface area contributed by atoms with Gasteiger partial charge >= 0.3 is 0 Å². The molecule has 0 saturated carbocycles. The number of para-hydroxylation sites is 1. The van der Waals surface area contributed by atoms with E-state index in [1.165, 1.54) is 5.39 Å². The zero-order valence-corrected chi connectivity index (χ0v) is 10.8. The molecule has 1 aliphatic rings. The molecular formula is C15H19N3. The summed E-state index contributed by atoms with van der Waals surface area (Å²) in [7, 11) is 0. The highest BCUT2D eigenvalue weighted by Crippen LogP contribution is 2.18. The van der Waals surface area contributed by atoms with Crippen molar-refractivity contribution in [3.05, 3.63) is 36.4 Å². The van der Waals surface area contributed by atoms with Gasteiger partial charge in [-0.1, -0.05) is 25.1 Å². The van der Waals surface area contributed by atoms with E-state index in [-0.39, 0.29) is 0 Å². The van der Waals surface area contributed by atoms with E-state index in [1.807, 2.05) is 6.07 Å². The molecule has 3 nitrogen and oxygen atoms in total. The maximum atomic E-state index is 4.76. The molecule has 18 heavy (non-hydrogen) atoms. The second kappa shape index (κ2) is 4.94. The third kappa shape index (κ3) is 2.18. The minimum absolute atomic E-state index is 1.08. The molecule has 2 aromatic rings. The van der Waals surface area contributed by atoms with Crippen molar-refractivity contribution in [2.24, 2.45) is 0 Å². The van der Waals surface area contributed by atoms with Crippen LogP contribution in [0, 0.1) is 0 Å². The summed E-state index contributed by atoms with van der Waals surface area (Å²) in [6.07, 6.45) is 0. The van der Waals surface area contributed by atoms with E-state index >= 15 is 0 Å². The van der Waals surface area contributed by atoms with Crippen molar-refractivity contribution < 1.29 is 0 Å². The standard InChI is InChI=1S/C15H19N3/c1-2-17-9-11-18(12-10-17)15-8-7-13-5-3-4-6-14(13)16-15/h3-8H,2,9-12H2,1H3. The molecule has 1 aromatic heterocycles. The van der Waals surface area contributed by atoms with E-state index in [0.29, 0.717) is 0 Å². The van der Waals surface area contributed by atoms with Gasteiger partial charge in [-0.15, -0.1) is 0 Å². The van der Waals surface area contributed by atoms with Crippen LogP contribution in [0.3, 0.4) is 0 Å².